The first-order valence-corrected chi connectivity index (χ1v) is 10.5. The van der Waals surface area contributed by atoms with E-state index in [1.807, 2.05) is 12.1 Å². The van der Waals surface area contributed by atoms with Crippen LogP contribution in [0.25, 0.3) is 10.2 Å². The van der Waals surface area contributed by atoms with Gasteiger partial charge < -0.3 is 19.6 Å². The molecule has 0 spiro atoms. The molecule has 30 heavy (non-hydrogen) atoms. The zero-order valence-corrected chi connectivity index (χ0v) is 17.6. The molecule has 0 aromatic carbocycles. The van der Waals surface area contributed by atoms with Crippen LogP contribution in [0, 0.1) is 0 Å². The molecule has 1 aliphatic heterocycles. The van der Waals surface area contributed by atoms with E-state index in [0.717, 1.165) is 15.8 Å². The average Bonchev–Trinajstić information content (AvgIpc) is 3.36. The molecule has 4 heterocycles. The average molecular weight is 430 g/mol. The maximum Gasteiger partial charge on any atom is 0.272 e. The smallest absolute Gasteiger partial charge is 0.272 e. The highest BCUT2D eigenvalue weighted by Crippen LogP contribution is 2.38. The number of morpholine rings is 1. The Morgan fingerprint density at radius 3 is 2.93 bits per heavy atom. The molecule has 2 amide bonds. The number of rotatable bonds is 5. The number of aliphatic hydroxyl groups excluding tert-OH is 1. The zero-order valence-electron chi connectivity index (χ0n) is 16.8. The van der Waals surface area contributed by atoms with Crippen LogP contribution in [-0.2, 0) is 11.8 Å². The molecular weight excluding hydrogens is 406 g/mol. The molecule has 9 nitrogen and oxygen atoms in total. The van der Waals surface area contributed by atoms with Gasteiger partial charge in [0.2, 0.25) is 0 Å². The van der Waals surface area contributed by atoms with E-state index >= 15 is 0 Å². The summed E-state index contributed by atoms with van der Waals surface area (Å²) in [5.74, 6) is -0.313. The number of aromatic nitrogens is 3. The molecule has 4 rings (SSSR count). The molecule has 0 bridgehead atoms. The lowest BCUT2D eigenvalue weighted by atomic mass is 10.0. The fourth-order valence-corrected chi connectivity index (χ4v) is 4.80. The van der Waals surface area contributed by atoms with Gasteiger partial charge in [-0.1, -0.05) is 6.07 Å². The number of ether oxygens (including phenoxy) is 1. The van der Waals surface area contributed by atoms with E-state index < -0.39 is 6.10 Å². The van der Waals surface area contributed by atoms with Crippen molar-refractivity contribution in [3.8, 4) is 0 Å². The van der Waals surface area contributed by atoms with Crippen LogP contribution in [0.4, 0.5) is 0 Å². The fraction of sp³-hybridized carbons (Fsp3) is 0.400. The summed E-state index contributed by atoms with van der Waals surface area (Å²) in [4.78, 5) is 34.9. The largest absolute Gasteiger partial charge is 0.395 e. The summed E-state index contributed by atoms with van der Waals surface area (Å²) in [5.41, 5.74) is 1.26. The van der Waals surface area contributed by atoms with Crippen molar-refractivity contribution in [3.05, 3.63) is 46.7 Å². The molecule has 1 aliphatic rings. The van der Waals surface area contributed by atoms with Gasteiger partial charge >= 0.3 is 0 Å². The van der Waals surface area contributed by atoms with Crippen molar-refractivity contribution in [2.75, 3.05) is 39.9 Å². The molecule has 0 unspecified atom stereocenters. The summed E-state index contributed by atoms with van der Waals surface area (Å²) >= 11 is 1.31. The van der Waals surface area contributed by atoms with E-state index in [1.165, 1.54) is 16.2 Å². The number of aliphatic hydroxyl groups is 1. The molecule has 0 aliphatic carbocycles. The minimum absolute atomic E-state index is 0.117. The second kappa shape index (κ2) is 8.50. The monoisotopic (exact) mass is 429 g/mol. The van der Waals surface area contributed by atoms with E-state index in [2.05, 4.69) is 10.1 Å². The fourth-order valence-electron chi connectivity index (χ4n) is 3.61. The Balaban J connectivity index is 1.69. The number of fused-ring (bicyclic) bond motifs is 1. The third-order valence-corrected chi connectivity index (χ3v) is 6.31. The summed E-state index contributed by atoms with van der Waals surface area (Å²) < 4.78 is 7.58. The predicted octanol–water partition coefficient (Wildman–Crippen LogP) is 1.31. The van der Waals surface area contributed by atoms with Crippen LogP contribution in [0.3, 0.4) is 0 Å². The third kappa shape index (κ3) is 3.69. The highest BCUT2D eigenvalue weighted by Gasteiger charge is 2.33. The lowest BCUT2D eigenvalue weighted by Crippen LogP contribution is -2.43. The van der Waals surface area contributed by atoms with Gasteiger partial charge in [0.05, 0.1) is 19.8 Å². The van der Waals surface area contributed by atoms with Crippen molar-refractivity contribution in [2.24, 2.45) is 7.05 Å². The first-order chi connectivity index (χ1) is 14.5. The van der Waals surface area contributed by atoms with Crippen LogP contribution in [-0.4, -0.2) is 81.4 Å². The van der Waals surface area contributed by atoms with E-state index in [9.17, 15) is 14.7 Å². The first-order valence-electron chi connectivity index (χ1n) is 9.64. The van der Waals surface area contributed by atoms with Crippen molar-refractivity contribution in [1.29, 1.82) is 0 Å². The quantitative estimate of drug-likeness (QED) is 0.656. The SMILES string of the molecule is CN(CCO)C(=O)c1sc2ncccc2c1[C@H]1CN(C(=O)c2ccnn2C)CCO1. The Hall–Kier alpha value is -2.82. The Labute approximate surface area is 177 Å². The van der Waals surface area contributed by atoms with E-state index in [0.29, 0.717) is 30.3 Å². The molecule has 3 aromatic heterocycles. The third-order valence-electron chi connectivity index (χ3n) is 5.20. The maximum absolute atomic E-state index is 13.1. The van der Waals surface area contributed by atoms with Gasteiger partial charge in [0.25, 0.3) is 11.8 Å². The second-order valence-electron chi connectivity index (χ2n) is 7.10. The molecule has 10 heteroatoms. The molecule has 1 saturated heterocycles. The predicted molar refractivity (Wildman–Crippen MR) is 111 cm³/mol. The molecular formula is C20H23N5O4S. The lowest BCUT2D eigenvalue weighted by Gasteiger charge is -2.33. The van der Waals surface area contributed by atoms with E-state index in [-0.39, 0.29) is 25.0 Å². The van der Waals surface area contributed by atoms with E-state index in [4.69, 9.17) is 4.74 Å². The number of amides is 2. The van der Waals surface area contributed by atoms with Crippen LogP contribution in [0.2, 0.25) is 0 Å². The highest BCUT2D eigenvalue weighted by molar-refractivity contribution is 7.20. The molecule has 1 N–H and O–H groups in total. The number of thiophene rings is 1. The Morgan fingerprint density at radius 1 is 1.37 bits per heavy atom. The van der Waals surface area contributed by atoms with Gasteiger partial charge in [-0.15, -0.1) is 11.3 Å². The summed E-state index contributed by atoms with van der Waals surface area (Å²) in [6.45, 7) is 1.28. The van der Waals surface area contributed by atoms with Crippen molar-refractivity contribution in [3.63, 3.8) is 0 Å². The number of carbonyl (C=O) groups excluding carboxylic acids is 2. The molecule has 0 saturated carbocycles. The summed E-state index contributed by atoms with van der Waals surface area (Å²) in [6.07, 6.45) is 2.83. The van der Waals surface area contributed by atoms with Crippen molar-refractivity contribution >= 4 is 33.4 Å². The molecule has 3 aromatic rings. The topological polar surface area (TPSA) is 101 Å². The molecule has 1 atom stereocenters. The van der Waals surface area contributed by atoms with E-state index in [1.54, 1.807) is 42.1 Å². The minimum Gasteiger partial charge on any atom is -0.395 e. The lowest BCUT2D eigenvalue weighted by molar-refractivity contribution is -0.0227. The van der Waals surface area contributed by atoms with Gasteiger partial charge in [-0.3, -0.25) is 14.3 Å². The van der Waals surface area contributed by atoms with Crippen molar-refractivity contribution in [2.45, 2.75) is 6.10 Å². The highest BCUT2D eigenvalue weighted by atomic mass is 32.1. The van der Waals surface area contributed by atoms with Crippen molar-refractivity contribution in [1.82, 2.24) is 24.6 Å². The van der Waals surface area contributed by atoms with Gasteiger partial charge in [0.15, 0.2) is 0 Å². The summed E-state index contributed by atoms with van der Waals surface area (Å²) in [5, 5.41) is 14.1. The molecule has 0 radical (unpaired) electrons. The van der Waals surface area contributed by atoms with Crippen LogP contribution in [0.15, 0.2) is 30.6 Å². The maximum atomic E-state index is 13.1. The number of hydrogen-bond donors (Lipinski definition) is 1. The molecule has 1 fully saturated rings. The summed E-state index contributed by atoms with van der Waals surface area (Å²) in [7, 11) is 3.39. The van der Waals surface area contributed by atoms with Crippen LogP contribution in [0.1, 0.15) is 31.8 Å². The van der Waals surface area contributed by atoms with Gasteiger partial charge in [0.1, 0.15) is 21.5 Å². The number of carbonyl (C=O) groups is 2. The van der Waals surface area contributed by atoms with Crippen molar-refractivity contribution < 1.29 is 19.4 Å². The van der Waals surface area contributed by atoms with Gasteiger partial charge in [-0.25, -0.2) is 4.98 Å². The summed E-state index contributed by atoms with van der Waals surface area (Å²) in [6, 6.07) is 5.43. The van der Waals surface area contributed by atoms with Crippen LogP contribution < -0.4 is 0 Å². The van der Waals surface area contributed by atoms with Crippen LogP contribution >= 0.6 is 11.3 Å². The normalized spacial score (nSPS) is 16.8. The first kappa shape index (κ1) is 20.5. The Bertz CT molecular complexity index is 1080. The van der Waals surface area contributed by atoms with Gasteiger partial charge in [-0.2, -0.15) is 5.10 Å². The number of aryl methyl sites for hydroxylation is 1. The number of hydrogen-bond acceptors (Lipinski definition) is 7. The van der Waals surface area contributed by atoms with Crippen LogP contribution in [0.5, 0.6) is 0 Å². The number of likely N-dealkylation sites (N-methyl/N-ethyl adjacent to an activating group) is 1. The van der Waals surface area contributed by atoms with Gasteiger partial charge in [-0.05, 0) is 12.1 Å². The molecule has 158 valence electrons. The minimum atomic E-state index is -0.449. The Morgan fingerprint density at radius 2 is 2.20 bits per heavy atom. The number of nitrogens with zero attached hydrogens (tertiary/aromatic N) is 5. The second-order valence-corrected chi connectivity index (χ2v) is 8.10. The Kier molecular flexibility index (Phi) is 5.80. The number of pyridine rings is 1. The van der Waals surface area contributed by atoms with Gasteiger partial charge in [0, 0.05) is 50.5 Å². The zero-order chi connectivity index (χ0) is 21.3. The standard InChI is InChI=1S/C20H23N5O4S/c1-23(8-10-26)20(28)17-16(13-4-3-6-21-18(13)30-17)15-12-25(9-11-29-15)19(27)14-5-7-22-24(14)2/h3-7,15,26H,8-12H2,1-2H3/t15-/m1/s1.